The number of rotatable bonds is 5. The summed E-state index contributed by atoms with van der Waals surface area (Å²) < 4.78 is 45.0. The van der Waals surface area contributed by atoms with Gasteiger partial charge >= 0.3 is 0 Å². The molecule has 0 aromatic heterocycles. The molecule has 1 N–H and O–H groups in total. The first kappa shape index (κ1) is 15.5. The van der Waals surface area contributed by atoms with Crippen molar-refractivity contribution < 1.29 is 17.5 Å². The third kappa shape index (κ3) is 3.80. The molecule has 0 radical (unpaired) electrons. The molecular formula is C15H16FNO3S. The standard InChI is InChI=1S/C15H16FNO3S/c1-11-3-5-12(6-4-11)10-17-21(18,19)13-7-8-15(20-2)14(16)9-13/h3-9,17H,10H2,1-2H3. The number of benzene rings is 2. The van der Waals surface area contributed by atoms with Crippen molar-refractivity contribution in [2.45, 2.75) is 18.4 Å². The van der Waals surface area contributed by atoms with Crippen molar-refractivity contribution in [2.24, 2.45) is 0 Å². The quantitative estimate of drug-likeness (QED) is 0.923. The van der Waals surface area contributed by atoms with Crippen LogP contribution < -0.4 is 9.46 Å². The van der Waals surface area contributed by atoms with E-state index in [4.69, 9.17) is 4.74 Å². The summed E-state index contributed by atoms with van der Waals surface area (Å²) in [5.41, 5.74) is 1.93. The molecule has 0 amide bonds. The van der Waals surface area contributed by atoms with Crippen molar-refractivity contribution in [3.63, 3.8) is 0 Å². The monoisotopic (exact) mass is 309 g/mol. The lowest BCUT2D eigenvalue weighted by molar-refractivity contribution is 0.385. The van der Waals surface area contributed by atoms with Gasteiger partial charge in [-0.2, -0.15) is 0 Å². The Kier molecular flexibility index (Phi) is 4.59. The van der Waals surface area contributed by atoms with E-state index in [9.17, 15) is 12.8 Å². The minimum Gasteiger partial charge on any atom is -0.494 e. The Morgan fingerprint density at radius 1 is 1.14 bits per heavy atom. The topological polar surface area (TPSA) is 55.4 Å². The molecule has 2 aromatic carbocycles. The van der Waals surface area contributed by atoms with Gasteiger partial charge in [0, 0.05) is 6.54 Å². The Hall–Kier alpha value is -1.92. The first-order valence-corrected chi connectivity index (χ1v) is 7.79. The van der Waals surface area contributed by atoms with Crippen molar-refractivity contribution in [1.29, 1.82) is 0 Å². The van der Waals surface area contributed by atoms with Gasteiger partial charge in [-0.05, 0) is 30.7 Å². The van der Waals surface area contributed by atoms with E-state index in [0.717, 1.165) is 17.2 Å². The molecule has 0 saturated carbocycles. The highest BCUT2D eigenvalue weighted by molar-refractivity contribution is 7.89. The summed E-state index contributed by atoms with van der Waals surface area (Å²) in [5.74, 6) is -0.705. The van der Waals surface area contributed by atoms with E-state index in [0.29, 0.717) is 0 Å². The molecular weight excluding hydrogens is 293 g/mol. The second kappa shape index (κ2) is 6.24. The molecule has 0 spiro atoms. The van der Waals surface area contributed by atoms with Crippen LogP contribution in [0.3, 0.4) is 0 Å². The Balaban J connectivity index is 2.14. The molecule has 0 aliphatic heterocycles. The highest BCUT2D eigenvalue weighted by Gasteiger charge is 2.16. The first-order chi connectivity index (χ1) is 9.92. The molecule has 0 saturated heterocycles. The van der Waals surface area contributed by atoms with Crippen molar-refractivity contribution in [1.82, 2.24) is 4.72 Å². The van der Waals surface area contributed by atoms with Crippen LogP contribution in [0.4, 0.5) is 4.39 Å². The van der Waals surface area contributed by atoms with Gasteiger partial charge in [0.25, 0.3) is 0 Å². The molecule has 0 fully saturated rings. The number of aryl methyl sites for hydroxylation is 1. The van der Waals surface area contributed by atoms with E-state index in [1.165, 1.54) is 19.2 Å². The molecule has 0 aliphatic rings. The molecule has 4 nitrogen and oxygen atoms in total. The van der Waals surface area contributed by atoms with Gasteiger partial charge in [-0.25, -0.2) is 17.5 Å². The predicted molar refractivity (Wildman–Crippen MR) is 78.2 cm³/mol. The third-order valence-corrected chi connectivity index (χ3v) is 4.42. The van der Waals surface area contributed by atoms with Crippen LogP contribution in [-0.4, -0.2) is 15.5 Å². The number of hydrogen-bond donors (Lipinski definition) is 1. The largest absolute Gasteiger partial charge is 0.494 e. The van der Waals surface area contributed by atoms with Gasteiger partial charge in [0.1, 0.15) is 0 Å². The summed E-state index contributed by atoms with van der Waals surface area (Å²) in [7, 11) is -2.44. The number of sulfonamides is 1. The summed E-state index contributed by atoms with van der Waals surface area (Å²) in [6.45, 7) is 2.10. The van der Waals surface area contributed by atoms with Gasteiger partial charge in [-0.15, -0.1) is 0 Å². The van der Waals surface area contributed by atoms with E-state index in [1.54, 1.807) is 0 Å². The van der Waals surface area contributed by atoms with Crippen molar-refractivity contribution >= 4 is 10.0 Å². The minimum absolute atomic E-state index is 0.00693. The molecule has 0 bridgehead atoms. The fourth-order valence-corrected chi connectivity index (χ4v) is 2.81. The molecule has 0 heterocycles. The summed E-state index contributed by atoms with van der Waals surface area (Å²) >= 11 is 0. The Bertz CT molecular complexity index is 727. The Labute approximate surface area is 123 Å². The third-order valence-electron chi connectivity index (χ3n) is 3.02. The molecule has 21 heavy (non-hydrogen) atoms. The Morgan fingerprint density at radius 2 is 1.81 bits per heavy atom. The second-order valence-corrected chi connectivity index (χ2v) is 6.37. The molecule has 112 valence electrons. The number of halogens is 1. The zero-order valence-corrected chi connectivity index (χ0v) is 12.6. The van der Waals surface area contributed by atoms with Crippen molar-refractivity contribution in [2.75, 3.05) is 7.11 Å². The van der Waals surface area contributed by atoms with E-state index in [-0.39, 0.29) is 17.2 Å². The van der Waals surface area contributed by atoms with Gasteiger partial charge in [0.15, 0.2) is 11.6 Å². The highest BCUT2D eigenvalue weighted by Crippen LogP contribution is 2.20. The van der Waals surface area contributed by atoms with Gasteiger partial charge in [0.05, 0.1) is 12.0 Å². The minimum atomic E-state index is -3.76. The van der Waals surface area contributed by atoms with E-state index < -0.39 is 15.8 Å². The van der Waals surface area contributed by atoms with Gasteiger partial charge in [-0.1, -0.05) is 29.8 Å². The first-order valence-electron chi connectivity index (χ1n) is 6.31. The van der Waals surface area contributed by atoms with Crippen LogP contribution in [-0.2, 0) is 16.6 Å². The molecule has 0 unspecified atom stereocenters. The molecule has 0 aliphatic carbocycles. The van der Waals surface area contributed by atoms with Crippen molar-refractivity contribution in [3.05, 3.63) is 59.4 Å². The number of ether oxygens (including phenoxy) is 1. The molecule has 0 atom stereocenters. The average molecular weight is 309 g/mol. The van der Waals surface area contributed by atoms with Crippen LogP contribution in [0.1, 0.15) is 11.1 Å². The van der Waals surface area contributed by atoms with Crippen LogP contribution in [0, 0.1) is 12.7 Å². The average Bonchev–Trinajstić information content (AvgIpc) is 2.46. The zero-order valence-electron chi connectivity index (χ0n) is 11.8. The molecule has 6 heteroatoms. The molecule has 2 aromatic rings. The lowest BCUT2D eigenvalue weighted by Gasteiger charge is -2.08. The van der Waals surface area contributed by atoms with Crippen LogP contribution >= 0.6 is 0 Å². The fraction of sp³-hybridized carbons (Fsp3) is 0.200. The lowest BCUT2D eigenvalue weighted by Crippen LogP contribution is -2.23. The second-order valence-electron chi connectivity index (χ2n) is 4.61. The van der Waals surface area contributed by atoms with E-state index >= 15 is 0 Å². The number of hydrogen-bond acceptors (Lipinski definition) is 3. The van der Waals surface area contributed by atoms with E-state index in [2.05, 4.69) is 4.72 Å². The summed E-state index contributed by atoms with van der Waals surface area (Å²) in [5, 5.41) is 0. The van der Waals surface area contributed by atoms with Crippen LogP contribution in [0.5, 0.6) is 5.75 Å². The highest BCUT2D eigenvalue weighted by atomic mass is 32.2. The normalized spacial score (nSPS) is 11.4. The lowest BCUT2D eigenvalue weighted by atomic mass is 10.2. The van der Waals surface area contributed by atoms with Gasteiger partial charge in [-0.3, -0.25) is 0 Å². The maximum atomic E-state index is 13.6. The smallest absolute Gasteiger partial charge is 0.240 e. The van der Waals surface area contributed by atoms with E-state index in [1.807, 2.05) is 31.2 Å². The van der Waals surface area contributed by atoms with Crippen LogP contribution in [0.2, 0.25) is 0 Å². The summed E-state index contributed by atoms with van der Waals surface area (Å²) in [4.78, 5) is -0.132. The number of nitrogens with one attached hydrogen (secondary N) is 1. The zero-order chi connectivity index (χ0) is 15.5. The van der Waals surface area contributed by atoms with Crippen molar-refractivity contribution in [3.8, 4) is 5.75 Å². The van der Waals surface area contributed by atoms with Gasteiger partial charge < -0.3 is 4.74 Å². The fourth-order valence-electron chi connectivity index (χ4n) is 1.78. The molecule has 2 rings (SSSR count). The van der Waals surface area contributed by atoms with Crippen LogP contribution in [0.15, 0.2) is 47.4 Å². The summed E-state index contributed by atoms with van der Waals surface area (Å²) in [6.07, 6.45) is 0. The SMILES string of the molecule is COc1ccc(S(=O)(=O)NCc2ccc(C)cc2)cc1F. The maximum Gasteiger partial charge on any atom is 0.240 e. The van der Waals surface area contributed by atoms with Gasteiger partial charge in [0.2, 0.25) is 10.0 Å². The number of methoxy groups -OCH3 is 1. The Morgan fingerprint density at radius 3 is 2.38 bits per heavy atom. The van der Waals surface area contributed by atoms with Crippen LogP contribution in [0.25, 0.3) is 0 Å². The predicted octanol–water partition coefficient (Wildman–Crippen LogP) is 2.62. The maximum absolute atomic E-state index is 13.6. The summed E-state index contributed by atoms with van der Waals surface area (Å²) in [6, 6.07) is 11.0.